The molecule has 0 N–H and O–H groups in total. The zero-order valence-corrected chi connectivity index (χ0v) is 36.6. The molecule has 2 nitrogen and oxygen atoms in total. The summed E-state index contributed by atoms with van der Waals surface area (Å²) in [6.07, 6.45) is 10.3. The van der Waals surface area contributed by atoms with Crippen LogP contribution in [0.1, 0.15) is 83.7 Å². The van der Waals surface area contributed by atoms with Crippen LogP contribution in [-0.4, -0.2) is 9.55 Å². The van der Waals surface area contributed by atoms with Crippen LogP contribution in [0.2, 0.25) is 0 Å². The Kier molecular flexibility index (Phi) is 7.41. The lowest BCUT2D eigenvalue weighted by Crippen LogP contribution is -2.67. The van der Waals surface area contributed by atoms with Crippen LogP contribution in [0.5, 0.6) is 0 Å². The van der Waals surface area contributed by atoms with Crippen molar-refractivity contribution >= 4 is 11.0 Å². The van der Waals surface area contributed by atoms with Crippen molar-refractivity contribution in [3.8, 4) is 50.2 Å². The second kappa shape index (κ2) is 13.2. The molecule has 312 valence electrons. The van der Waals surface area contributed by atoms with E-state index in [0.717, 1.165) is 23.1 Å². The van der Waals surface area contributed by atoms with E-state index >= 15 is 0 Å². The number of fused-ring (bicyclic) bond motifs is 15. The maximum Gasteiger partial charge on any atom is 0.100 e. The Balaban J connectivity index is 1.05. The van der Waals surface area contributed by atoms with Crippen molar-refractivity contribution in [1.82, 2.24) is 9.55 Å². The highest BCUT2D eigenvalue weighted by molar-refractivity contribution is 5.90. The topological polar surface area (TPSA) is 17.8 Å². The van der Waals surface area contributed by atoms with E-state index in [-0.39, 0.29) is 16.2 Å². The molecule has 6 bridgehead atoms. The van der Waals surface area contributed by atoms with E-state index in [1.807, 2.05) is 6.33 Å². The molecule has 0 amide bonds. The largest absolute Gasteiger partial charge is 0.299 e. The zero-order chi connectivity index (χ0) is 42.5. The predicted octanol–water partition coefficient (Wildman–Crippen LogP) is 15.2. The number of rotatable bonds is 2. The highest BCUT2D eigenvalue weighted by Crippen LogP contribution is 2.78. The predicted molar refractivity (Wildman–Crippen MR) is 265 cm³/mol. The molecule has 65 heavy (non-hydrogen) atoms. The summed E-state index contributed by atoms with van der Waals surface area (Å²) in [6.45, 7) is 0. The SMILES string of the molecule is c1ccc2c(c1)CC1CC34CC(CC56CC(CC(C1)(c1cccc(-c7ccc(-n8cnc9ccccc98)cc7)c1-2)C35)c1ccccc1-c1ccccc16)c1ccccc1-c1ccccc14. The normalized spacial score (nSPS) is 27.1. The average Bonchev–Trinajstić information content (AvgIpc) is 3.74. The molecular formula is C63H50N2. The number of nitrogens with zero attached hydrogens (tertiary/aromatic N) is 2. The minimum absolute atomic E-state index is 0.0230. The van der Waals surface area contributed by atoms with Gasteiger partial charge in [-0.1, -0.05) is 164 Å². The fraction of sp³-hybridized carbons (Fsp3) is 0.222. The first-order valence-electron chi connectivity index (χ1n) is 24.2. The molecule has 6 aliphatic carbocycles. The van der Waals surface area contributed by atoms with Crippen molar-refractivity contribution in [3.63, 3.8) is 0 Å². The summed E-state index contributed by atoms with van der Waals surface area (Å²) in [6, 6.07) is 73.7. The summed E-state index contributed by atoms with van der Waals surface area (Å²) in [5.74, 6) is 1.86. The molecule has 2 heteroatoms. The average molecular weight is 835 g/mol. The van der Waals surface area contributed by atoms with Crippen molar-refractivity contribution in [3.05, 3.63) is 228 Å². The van der Waals surface area contributed by atoms with Crippen LogP contribution in [0.25, 0.3) is 61.2 Å². The van der Waals surface area contributed by atoms with Gasteiger partial charge < -0.3 is 0 Å². The van der Waals surface area contributed by atoms with Crippen LogP contribution >= 0.6 is 0 Å². The molecule has 1 heterocycles. The van der Waals surface area contributed by atoms with E-state index in [2.05, 4.69) is 193 Å². The lowest BCUT2D eigenvalue weighted by Gasteiger charge is -2.71. The molecule has 7 atom stereocenters. The van der Waals surface area contributed by atoms with Gasteiger partial charge >= 0.3 is 0 Å². The van der Waals surface area contributed by atoms with Gasteiger partial charge in [0.2, 0.25) is 0 Å². The van der Waals surface area contributed by atoms with Gasteiger partial charge in [0.25, 0.3) is 0 Å². The highest BCUT2D eigenvalue weighted by atomic mass is 15.0. The summed E-state index contributed by atoms with van der Waals surface area (Å²) in [7, 11) is 0. The third-order valence-corrected chi connectivity index (χ3v) is 18.0. The number of imidazole rings is 1. The molecule has 6 aliphatic rings. The molecule has 9 aromatic rings. The molecule has 3 fully saturated rings. The minimum Gasteiger partial charge on any atom is -0.299 e. The van der Waals surface area contributed by atoms with Crippen LogP contribution in [0, 0.1) is 11.8 Å². The molecule has 15 rings (SSSR count). The van der Waals surface area contributed by atoms with Crippen molar-refractivity contribution in [2.45, 2.75) is 73.0 Å². The van der Waals surface area contributed by atoms with E-state index in [1.165, 1.54) is 88.6 Å². The Bertz CT molecular complexity index is 3430. The first-order valence-corrected chi connectivity index (χ1v) is 24.2. The fourth-order valence-corrected chi connectivity index (χ4v) is 16.5. The lowest BCUT2D eigenvalue weighted by molar-refractivity contribution is -0.0904. The molecule has 3 saturated carbocycles. The summed E-state index contributed by atoms with van der Waals surface area (Å²) in [4.78, 5) is 4.74. The zero-order valence-electron chi connectivity index (χ0n) is 36.6. The number of para-hydroxylation sites is 2. The second-order valence-electron chi connectivity index (χ2n) is 20.9. The third-order valence-electron chi connectivity index (χ3n) is 18.0. The van der Waals surface area contributed by atoms with Crippen molar-refractivity contribution < 1.29 is 0 Å². The number of hydrogen-bond donors (Lipinski definition) is 0. The molecule has 0 saturated heterocycles. The first kappa shape index (κ1) is 36.6. The van der Waals surface area contributed by atoms with Crippen LogP contribution < -0.4 is 0 Å². The molecular weight excluding hydrogens is 785 g/mol. The summed E-state index contributed by atoms with van der Waals surface area (Å²) < 4.78 is 2.22. The Morgan fingerprint density at radius 2 is 0.923 bits per heavy atom. The Labute approximate surface area is 381 Å². The van der Waals surface area contributed by atoms with E-state index in [9.17, 15) is 0 Å². The molecule has 7 unspecified atom stereocenters. The monoisotopic (exact) mass is 834 g/mol. The third kappa shape index (κ3) is 4.82. The maximum atomic E-state index is 4.74. The molecule has 0 radical (unpaired) electrons. The number of benzene rings is 8. The van der Waals surface area contributed by atoms with Crippen LogP contribution in [0.15, 0.2) is 194 Å². The van der Waals surface area contributed by atoms with E-state index in [1.54, 1.807) is 27.8 Å². The van der Waals surface area contributed by atoms with E-state index in [0.29, 0.717) is 23.7 Å². The Morgan fingerprint density at radius 1 is 0.415 bits per heavy atom. The van der Waals surface area contributed by atoms with Crippen molar-refractivity contribution in [1.29, 1.82) is 0 Å². The summed E-state index contributed by atoms with van der Waals surface area (Å²) in [5.41, 5.74) is 24.1. The Hall–Kier alpha value is -6.77. The van der Waals surface area contributed by atoms with Crippen molar-refractivity contribution in [2.24, 2.45) is 11.8 Å². The minimum atomic E-state index is -0.0838. The molecule has 0 aliphatic heterocycles. The van der Waals surface area contributed by atoms with Crippen molar-refractivity contribution in [2.75, 3.05) is 0 Å². The maximum absolute atomic E-state index is 4.74. The molecule has 8 aromatic carbocycles. The van der Waals surface area contributed by atoms with Crippen LogP contribution in [-0.2, 0) is 22.7 Å². The van der Waals surface area contributed by atoms with Gasteiger partial charge in [-0.15, -0.1) is 0 Å². The van der Waals surface area contributed by atoms with Gasteiger partial charge in [0, 0.05) is 21.9 Å². The lowest BCUT2D eigenvalue weighted by atomic mass is 9.32. The smallest absolute Gasteiger partial charge is 0.100 e. The number of hydrogen-bond acceptors (Lipinski definition) is 1. The van der Waals surface area contributed by atoms with Gasteiger partial charge in [0.1, 0.15) is 6.33 Å². The molecule has 3 spiro atoms. The van der Waals surface area contributed by atoms with Crippen LogP contribution in [0.4, 0.5) is 0 Å². The second-order valence-corrected chi connectivity index (χ2v) is 20.9. The molecule has 1 aromatic heterocycles. The van der Waals surface area contributed by atoms with Gasteiger partial charge in [-0.3, -0.25) is 4.57 Å². The van der Waals surface area contributed by atoms with Crippen LogP contribution in [0.3, 0.4) is 0 Å². The highest BCUT2D eigenvalue weighted by Gasteiger charge is 2.72. The summed E-state index contributed by atoms with van der Waals surface area (Å²) >= 11 is 0. The first-order chi connectivity index (χ1) is 32.1. The Morgan fingerprint density at radius 3 is 1.60 bits per heavy atom. The van der Waals surface area contributed by atoms with Gasteiger partial charge in [-0.25, -0.2) is 4.98 Å². The van der Waals surface area contributed by atoms with Gasteiger partial charge in [0.15, 0.2) is 0 Å². The van der Waals surface area contributed by atoms with Gasteiger partial charge in [-0.05, 0) is 171 Å². The fourth-order valence-electron chi connectivity index (χ4n) is 16.5. The van der Waals surface area contributed by atoms with Gasteiger partial charge in [-0.2, -0.15) is 0 Å². The van der Waals surface area contributed by atoms with E-state index in [4.69, 9.17) is 4.98 Å². The quantitative estimate of drug-likeness (QED) is 0.170. The standard InChI is InChI=1S/C63H50N2/c1-2-17-49-42(14-1)32-40-33-61-35-43(46-15-3-5-18-50(46)52-20-7-9-23-54(52)61)37-63-38-44(47-16-4-6-19-51(47)53-21-8-10-24-55(53)63)36-62(34-40,60(61)63)56-25-13-22-48(59(49)56)41-28-30-45(31-29-41)65-39-64-57-26-11-12-27-58(57)65/h1-31,39-40,43-44,60H,32-38H2. The van der Waals surface area contributed by atoms with E-state index < -0.39 is 0 Å². The van der Waals surface area contributed by atoms with Gasteiger partial charge in [0.05, 0.1) is 11.0 Å². The summed E-state index contributed by atoms with van der Waals surface area (Å²) in [5, 5.41) is 0. The number of aromatic nitrogens is 2.